The van der Waals surface area contributed by atoms with E-state index in [9.17, 15) is 0 Å². The van der Waals surface area contributed by atoms with Crippen LogP contribution in [-0.4, -0.2) is 4.98 Å². The zero-order valence-electron chi connectivity index (χ0n) is 10.0. The number of rotatable bonds is 2. The molecule has 0 bridgehead atoms. The molecule has 3 aromatic rings. The van der Waals surface area contributed by atoms with Crippen LogP contribution in [0.2, 0.25) is 0 Å². The molecule has 1 heterocycles. The molecule has 0 unspecified atom stereocenters. The molecule has 0 aliphatic rings. The normalized spacial score (nSPS) is 10.7. The summed E-state index contributed by atoms with van der Waals surface area (Å²) in [5.41, 5.74) is 10.1. The summed E-state index contributed by atoms with van der Waals surface area (Å²) in [5, 5.41) is 1.22. The van der Waals surface area contributed by atoms with E-state index in [0.29, 0.717) is 0 Å². The van der Waals surface area contributed by atoms with Gasteiger partial charge in [-0.2, -0.15) is 0 Å². The third-order valence-corrected chi connectivity index (χ3v) is 3.11. The van der Waals surface area contributed by atoms with Gasteiger partial charge in [0.2, 0.25) is 0 Å². The van der Waals surface area contributed by atoms with Crippen LogP contribution in [-0.2, 0) is 6.42 Å². The molecule has 3 rings (SSSR count). The number of aromatic nitrogens is 1. The van der Waals surface area contributed by atoms with Gasteiger partial charge in [0.15, 0.2) is 0 Å². The van der Waals surface area contributed by atoms with Gasteiger partial charge in [-0.05, 0) is 41.8 Å². The number of hydrogen-bond acceptors (Lipinski definition) is 2. The highest BCUT2D eigenvalue weighted by atomic mass is 14.6. The first kappa shape index (κ1) is 10.8. The van der Waals surface area contributed by atoms with Crippen LogP contribution in [0.4, 0.5) is 5.69 Å². The van der Waals surface area contributed by atoms with Crippen molar-refractivity contribution in [2.24, 2.45) is 0 Å². The molecule has 2 heteroatoms. The van der Waals surface area contributed by atoms with E-state index in [-0.39, 0.29) is 0 Å². The van der Waals surface area contributed by atoms with Crippen molar-refractivity contribution in [2.45, 2.75) is 6.42 Å². The molecule has 2 nitrogen and oxygen atoms in total. The topological polar surface area (TPSA) is 38.9 Å². The van der Waals surface area contributed by atoms with Crippen molar-refractivity contribution < 1.29 is 0 Å². The summed E-state index contributed by atoms with van der Waals surface area (Å²) in [6, 6.07) is 18.3. The van der Waals surface area contributed by atoms with Crippen molar-refractivity contribution >= 4 is 16.6 Å². The minimum Gasteiger partial charge on any atom is -0.399 e. The molecule has 0 aliphatic heterocycles. The molecule has 0 atom stereocenters. The van der Waals surface area contributed by atoms with E-state index >= 15 is 0 Å². The van der Waals surface area contributed by atoms with Crippen molar-refractivity contribution in [3.8, 4) is 0 Å². The summed E-state index contributed by atoms with van der Waals surface area (Å²) >= 11 is 0. The molecule has 88 valence electrons. The number of pyridine rings is 1. The predicted molar refractivity (Wildman–Crippen MR) is 75.4 cm³/mol. The lowest BCUT2D eigenvalue weighted by molar-refractivity contribution is 1.20. The van der Waals surface area contributed by atoms with E-state index in [2.05, 4.69) is 35.3 Å². The van der Waals surface area contributed by atoms with Crippen molar-refractivity contribution in [3.63, 3.8) is 0 Å². The third-order valence-electron chi connectivity index (χ3n) is 3.11. The highest BCUT2D eigenvalue weighted by Crippen LogP contribution is 2.19. The summed E-state index contributed by atoms with van der Waals surface area (Å²) < 4.78 is 0. The Kier molecular flexibility index (Phi) is 2.69. The number of para-hydroxylation sites is 1. The van der Waals surface area contributed by atoms with Gasteiger partial charge in [0.05, 0.1) is 5.52 Å². The van der Waals surface area contributed by atoms with Crippen LogP contribution >= 0.6 is 0 Å². The van der Waals surface area contributed by atoms with E-state index in [0.717, 1.165) is 17.6 Å². The molecule has 18 heavy (non-hydrogen) atoms. The summed E-state index contributed by atoms with van der Waals surface area (Å²) in [4.78, 5) is 4.38. The number of nitrogens with two attached hydrogens (primary N) is 1. The van der Waals surface area contributed by atoms with E-state index in [4.69, 9.17) is 5.73 Å². The largest absolute Gasteiger partial charge is 0.399 e. The summed E-state index contributed by atoms with van der Waals surface area (Å²) in [7, 11) is 0. The molecule has 0 saturated heterocycles. The van der Waals surface area contributed by atoms with Crippen LogP contribution in [0, 0.1) is 0 Å². The zero-order valence-corrected chi connectivity index (χ0v) is 10.0. The van der Waals surface area contributed by atoms with Gasteiger partial charge in [0.1, 0.15) is 0 Å². The summed E-state index contributed by atoms with van der Waals surface area (Å²) in [5.74, 6) is 0. The maximum atomic E-state index is 5.70. The van der Waals surface area contributed by atoms with Crippen LogP contribution in [0.3, 0.4) is 0 Å². The lowest BCUT2D eigenvalue weighted by atomic mass is 10.0. The minimum absolute atomic E-state index is 0.804. The van der Waals surface area contributed by atoms with E-state index in [1.807, 2.05) is 30.5 Å². The Morgan fingerprint density at radius 2 is 1.67 bits per heavy atom. The van der Waals surface area contributed by atoms with Crippen molar-refractivity contribution in [3.05, 3.63) is 71.9 Å². The van der Waals surface area contributed by atoms with Crippen LogP contribution in [0.25, 0.3) is 10.9 Å². The summed E-state index contributed by atoms with van der Waals surface area (Å²) in [6.45, 7) is 0. The monoisotopic (exact) mass is 234 g/mol. The average molecular weight is 234 g/mol. The van der Waals surface area contributed by atoms with Crippen molar-refractivity contribution in [1.82, 2.24) is 4.98 Å². The minimum atomic E-state index is 0.804. The van der Waals surface area contributed by atoms with Crippen LogP contribution in [0.15, 0.2) is 60.8 Å². The molecular formula is C16H14N2. The fourth-order valence-electron chi connectivity index (χ4n) is 2.16. The molecule has 0 radical (unpaired) electrons. The molecule has 0 spiro atoms. The smallest absolute Gasteiger partial charge is 0.0704 e. The van der Waals surface area contributed by atoms with Crippen LogP contribution < -0.4 is 5.73 Å². The second-order valence-corrected chi connectivity index (χ2v) is 4.41. The number of nitrogen functional groups attached to an aromatic ring is 1. The number of fused-ring (bicyclic) bond motifs is 1. The Morgan fingerprint density at radius 1 is 0.889 bits per heavy atom. The SMILES string of the molecule is Nc1ccc(Cc2ccnc3ccccc23)cc1. The fraction of sp³-hybridized carbons (Fsp3) is 0.0625. The molecule has 0 amide bonds. The summed E-state index contributed by atoms with van der Waals surface area (Å²) in [6.07, 6.45) is 2.78. The molecule has 0 aliphatic carbocycles. The van der Waals surface area contributed by atoms with E-state index < -0.39 is 0 Å². The first-order valence-corrected chi connectivity index (χ1v) is 6.00. The van der Waals surface area contributed by atoms with Crippen LogP contribution in [0.1, 0.15) is 11.1 Å². The van der Waals surface area contributed by atoms with Gasteiger partial charge < -0.3 is 5.73 Å². The molecule has 0 saturated carbocycles. The Hall–Kier alpha value is -2.35. The molecule has 2 aromatic carbocycles. The van der Waals surface area contributed by atoms with Gasteiger partial charge in [0, 0.05) is 17.3 Å². The fourth-order valence-corrected chi connectivity index (χ4v) is 2.16. The Morgan fingerprint density at radius 3 is 2.50 bits per heavy atom. The predicted octanol–water partition coefficient (Wildman–Crippen LogP) is 3.41. The molecule has 2 N–H and O–H groups in total. The number of hydrogen-bond donors (Lipinski definition) is 1. The Labute approximate surface area is 106 Å². The first-order chi connectivity index (χ1) is 8.83. The maximum absolute atomic E-state index is 5.70. The second kappa shape index (κ2) is 4.49. The molecular weight excluding hydrogens is 220 g/mol. The van der Waals surface area contributed by atoms with Gasteiger partial charge in [-0.1, -0.05) is 30.3 Å². The number of benzene rings is 2. The Balaban J connectivity index is 2.02. The average Bonchev–Trinajstić information content (AvgIpc) is 2.42. The lowest BCUT2D eigenvalue weighted by Crippen LogP contribution is -1.92. The third kappa shape index (κ3) is 2.05. The highest BCUT2D eigenvalue weighted by molar-refractivity contribution is 5.82. The van der Waals surface area contributed by atoms with E-state index in [1.54, 1.807) is 0 Å². The number of nitrogens with zero attached hydrogens (tertiary/aromatic N) is 1. The lowest BCUT2D eigenvalue weighted by Gasteiger charge is -2.06. The van der Waals surface area contributed by atoms with Crippen molar-refractivity contribution in [2.75, 3.05) is 5.73 Å². The van der Waals surface area contributed by atoms with Gasteiger partial charge in [0.25, 0.3) is 0 Å². The van der Waals surface area contributed by atoms with E-state index in [1.165, 1.54) is 16.5 Å². The van der Waals surface area contributed by atoms with Crippen molar-refractivity contribution in [1.29, 1.82) is 0 Å². The number of anilines is 1. The van der Waals surface area contributed by atoms with Gasteiger partial charge in [-0.3, -0.25) is 4.98 Å². The standard InChI is InChI=1S/C16H14N2/c17-14-7-5-12(6-8-14)11-13-9-10-18-16-4-2-1-3-15(13)16/h1-10H,11,17H2. The first-order valence-electron chi connectivity index (χ1n) is 6.00. The Bertz CT molecular complexity index is 667. The quantitative estimate of drug-likeness (QED) is 0.690. The van der Waals surface area contributed by atoms with Gasteiger partial charge in [-0.15, -0.1) is 0 Å². The van der Waals surface area contributed by atoms with Gasteiger partial charge in [-0.25, -0.2) is 0 Å². The van der Waals surface area contributed by atoms with Gasteiger partial charge >= 0.3 is 0 Å². The zero-order chi connectivity index (χ0) is 12.4. The molecule has 0 fully saturated rings. The second-order valence-electron chi connectivity index (χ2n) is 4.41. The molecule has 1 aromatic heterocycles. The maximum Gasteiger partial charge on any atom is 0.0704 e. The highest BCUT2D eigenvalue weighted by Gasteiger charge is 2.02. The van der Waals surface area contributed by atoms with Crippen LogP contribution in [0.5, 0.6) is 0 Å².